The molecule has 1 fully saturated rings. The van der Waals surface area contributed by atoms with Crippen LogP contribution in [-0.4, -0.2) is 38.4 Å². The number of fused-ring (bicyclic) bond motifs is 1. The molecule has 4 rings (SSSR count). The van der Waals surface area contributed by atoms with Crippen LogP contribution in [0.25, 0.3) is 0 Å². The van der Waals surface area contributed by atoms with E-state index in [0.717, 1.165) is 29.2 Å². The SMILES string of the molecule is O=S(=O)(c1ccccc1)N1CCSC(c2ccc3c(c2)OCO3)CC1. The molecule has 1 atom stereocenters. The summed E-state index contributed by atoms with van der Waals surface area (Å²) in [5.74, 6) is 2.32. The molecule has 0 spiro atoms. The van der Waals surface area contributed by atoms with Crippen molar-refractivity contribution in [2.45, 2.75) is 16.6 Å². The fourth-order valence-corrected chi connectivity index (χ4v) is 5.92. The van der Waals surface area contributed by atoms with Crippen LogP contribution < -0.4 is 9.47 Å². The second kappa shape index (κ2) is 6.90. The maximum atomic E-state index is 12.8. The monoisotopic (exact) mass is 377 g/mol. The Morgan fingerprint density at radius 3 is 2.64 bits per heavy atom. The highest BCUT2D eigenvalue weighted by atomic mass is 32.2. The first-order valence-corrected chi connectivity index (χ1v) is 10.7. The summed E-state index contributed by atoms with van der Waals surface area (Å²) in [6.07, 6.45) is 0.774. The molecule has 132 valence electrons. The molecule has 5 nitrogen and oxygen atoms in total. The quantitative estimate of drug-likeness (QED) is 0.822. The van der Waals surface area contributed by atoms with Crippen LogP contribution in [0.1, 0.15) is 17.2 Å². The van der Waals surface area contributed by atoms with Crippen molar-refractivity contribution in [2.75, 3.05) is 25.6 Å². The van der Waals surface area contributed by atoms with Crippen molar-refractivity contribution in [3.8, 4) is 11.5 Å². The average molecular weight is 377 g/mol. The van der Waals surface area contributed by atoms with Crippen LogP contribution in [0.5, 0.6) is 11.5 Å². The molecule has 0 aliphatic carbocycles. The molecule has 2 aliphatic heterocycles. The third kappa shape index (κ3) is 3.36. The van der Waals surface area contributed by atoms with Gasteiger partial charge in [-0.1, -0.05) is 24.3 Å². The molecule has 25 heavy (non-hydrogen) atoms. The molecule has 2 heterocycles. The summed E-state index contributed by atoms with van der Waals surface area (Å²) < 4.78 is 38.0. The van der Waals surface area contributed by atoms with Gasteiger partial charge in [0.1, 0.15) is 0 Å². The third-order valence-electron chi connectivity index (χ3n) is 4.45. The van der Waals surface area contributed by atoms with Crippen molar-refractivity contribution in [1.82, 2.24) is 4.31 Å². The minimum absolute atomic E-state index is 0.255. The average Bonchev–Trinajstić information content (AvgIpc) is 2.96. The molecule has 7 heteroatoms. The Labute approximate surface area is 152 Å². The van der Waals surface area contributed by atoms with E-state index >= 15 is 0 Å². The molecule has 0 radical (unpaired) electrons. The highest BCUT2D eigenvalue weighted by Gasteiger charge is 2.28. The minimum Gasteiger partial charge on any atom is -0.454 e. The van der Waals surface area contributed by atoms with Gasteiger partial charge >= 0.3 is 0 Å². The van der Waals surface area contributed by atoms with Gasteiger partial charge in [0, 0.05) is 24.1 Å². The predicted octanol–water partition coefficient (Wildman–Crippen LogP) is 3.28. The third-order valence-corrected chi connectivity index (χ3v) is 7.69. The largest absolute Gasteiger partial charge is 0.454 e. The van der Waals surface area contributed by atoms with E-state index in [1.165, 1.54) is 0 Å². The van der Waals surface area contributed by atoms with Gasteiger partial charge < -0.3 is 9.47 Å². The van der Waals surface area contributed by atoms with Gasteiger partial charge in [0.2, 0.25) is 16.8 Å². The smallest absolute Gasteiger partial charge is 0.243 e. The van der Waals surface area contributed by atoms with E-state index in [-0.39, 0.29) is 12.0 Å². The van der Waals surface area contributed by atoms with Gasteiger partial charge in [-0.2, -0.15) is 16.1 Å². The maximum absolute atomic E-state index is 12.8. The van der Waals surface area contributed by atoms with Crippen molar-refractivity contribution in [3.05, 3.63) is 54.1 Å². The van der Waals surface area contributed by atoms with Gasteiger partial charge in [0.05, 0.1) is 4.90 Å². The first kappa shape index (κ1) is 16.8. The highest BCUT2D eigenvalue weighted by Crippen LogP contribution is 2.40. The number of nitrogens with zero attached hydrogens (tertiary/aromatic N) is 1. The topological polar surface area (TPSA) is 55.8 Å². The zero-order chi connectivity index (χ0) is 17.3. The van der Waals surface area contributed by atoms with Gasteiger partial charge in [-0.25, -0.2) is 8.42 Å². The second-order valence-electron chi connectivity index (χ2n) is 5.98. The van der Waals surface area contributed by atoms with Crippen LogP contribution in [-0.2, 0) is 10.0 Å². The Hall–Kier alpha value is -1.70. The molecule has 2 aromatic rings. The zero-order valence-electron chi connectivity index (χ0n) is 13.6. The molecule has 1 saturated heterocycles. The molecule has 0 N–H and O–H groups in total. The summed E-state index contributed by atoms with van der Waals surface area (Å²) in [6, 6.07) is 14.7. The first-order valence-electron chi connectivity index (χ1n) is 8.21. The number of hydrogen-bond donors (Lipinski definition) is 0. The standard InChI is InChI=1S/C18H19NO4S2/c20-25(21,15-4-2-1-3-5-15)19-9-8-18(24-11-10-19)14-6-7-16-17(12-14)23-13-22-16/h1-7,12,18H,8-11,13H2. The summed E-state index contributed by atoms with van der Waals surface area (Å²) in [7, 11) is -3.43. The van der Waals surface area contributed by atoms with Gasteiger partial charge in [-0.15, -0.1) is 0 Å². The molecule has 0 aromatic heterocycles. The summed E-state index contributed by atoms with van der Waals surface area (Å²) in [5, 5.41) is 0.255. The van der Waals surface area contributed by atoms with E-state index in [9.17, 15) is 8.42 Å². The normalized spacial score (nSPS) is 21.0. The summed E-state index contributed by atoms with van der Waals surface area (Å²) in [6.45, 7) is 1.31. The Balaban J connectivity index is 1.51. The number of benzene rings is 2. The fourth-order valence-electron chi connectivity index (χ4n) is 3.11. The number of rotatable bonds is 3. The van der Waals surface area contributed by atoms with E-state index in [1.54, 1.807) is 40.3 Å². The number of hydrogen-bond acceptors (Lipinski definition) is 5. The van der Waals surface area contributed by atoms with Crippen LogP contribution in [0, 0.1) is 0 Å². The van der Waals surface area contributed by atoms with Crippen LogP contribution >= 0.6 is 11.8 Å². The van der Waals surface area contributed by atoms with Crippen LogP contribution in [0.15, 0.2) is 53.4 Å². The van der Waals surface area contributed by atoms with E-state index in [4.69, 9.17) is 9.47 Å². The van der Waals surface area contributed by atoms with Gasteiger partial charge in [-0.05, 0) is 36.2 Å². The number of thioether (sulfide) groups is 1. The minimum atomic E-state index is -3.43. The molecular weight excluding hydrogens is 358 g/mol. The van der Waals surface area contributed by atoms with Crippen LogP contribution in [0.3, 0.4) is 0 Å². The Morgan fingerprint density at radius 1 is 1.00 bits per heavy atom. The van der Waals surface area contributed by atoms with Crippen LogP contribution in [0.4, 0.5) is 0 Å². The Bertz CT molecular complexity index is 855. The lowest BCUT2D eigenvalue weighted by molar-refractivity contribution is 0.174. The van der Waals surface area contributed by atoms with Crippen molar-refractivity contribution >= 4 is 21.8 Å². The van der Waals surface area contributed by atoms with Crippen molar-refractivity contribution in [3.63, 3.8) is 0 Å². The van der Waals surface area contributed by atoms with Crippen molar-refractivity contribution in [1.29, 1.82) is 0 Å². The molecule has 0 bridgehead atoms. The lowest BCUT2D eigenvalue weighted by Crippen LogP contribution is -2.33. The molecule has 2 aromatic carbocycles. The molecular formula is C18H19NO4S2. The van der Waals surface area contributed by atoms with E-state index < -0.39 is 10.0 Å². The lowest BCUT2D eigenvalue weighted by atomic mass is 10.1. The first-order chi connectivity index (χ1) is 12.1. The van der Waals surface area contributed by atoms with Crippen molar-refractivity contribution in [2.24, 2.45) is 0 Å². The molecule has 2 aliphatic rings. The van der Waals surface area contributed by atoms with Crippen molar-refractivity contribution < 1.29 is 17.9 Å². The summed E-state index contributed by atoms with van der Waals surface area (Å²) >= 11 is 1.80. The van der Waals surface area contributed by atoms with E-state index in [0.29, 0.717) is 18.0 Å². The summed E-state index contributed by atoms with van der Waals surface area (Å²) in [5.41, 5.74) is 1.16. The van der Waals surface area contributed by atoms with Crippen LogP contribution in [0.2, 0.25) is 0 Å². The Kier molecular flexibility index (Phi) is 4.62. The van der Waals surface area contributed by atoms with E-state index in [2.05, 4.69) is 0 Å². The number of ether oxygens (including phenoxy) is 2. The molecule has 0 saturated carbocycles. The molecule has 0 amide bonds. The highest BCUT2D eigenvalue weighted by molar-refractivity contribution is 7.99. The van der Waals surface area contributed by atoms with Gasteiger partial charge in [0.25, 0.3) is 0 Å². The molecule has 1 unspecified atom stereocenters. The zero-order valence-corrected chi connectivity index (χ0v) is 15.3. The van der Waals surface area contributed by atoms with E-state index in [1.807, 2.05) is 24.3 Å². The van der Waals surface area contributed by atoms with Gasteiger partial charge in [0.15, 0.2) is 11.5 Å². The number of sulfonamides is 1. The Morgan fingerprint density at radius 2 is 1.80 bits per heavy atom. The van der Waals surface area contributed by atoms with Gasteiger partial charge in [-0.3, -0.25) is 0 Å². The lowest BCUT2D eigenvalue weighted by Gasteiger charge is -2.20. The second-order valence-corrected chi connectivity index (χ2v) is 9.23. The fraction of sp³-hybridized carbons (Fsp3) is 0.333. The predicted molar refractivity (Wildman–Crippen MR) is 97.6 cm³/mol. The maximum Gasteiger partial charge on any atom is 0.243 e. The summed E-state index contributed by atoms with van der Waals surface area (Å²) in [4.78, 5) is 0.363.